The average Bonchev–Trinajstić information content (AvgIpc) is 3.34. The summed E-state index contributed by atoms with van der Waals surface area (Å²) in [6.07, 6.45) is 3.26. The smallest absolute Gasteiger partial charge is 0.233 e. The molecule has 0 aromatic heterocycles. The highest BCUT2D eigenvalue weighted by Gasteiger charge is 2.25. The van der Waals surface area contributed by atoms with Crippen LogP contribution in [0.25, 0.3) is 0 Å². The minimum absolute atomic E-state index is 0.0194. The van der Waals surface area contributed by atoms with E-state index >= 15 is 0 Å². The van der Waals surface area contributed by atoms with E-state index in [0.29, 0.717) is 12.6 Å². The van der Waals surface area contributed by atoms with Crippen molar-refractivity contribution in [1.29, 1.82) is 0 Å². The van der Waals surface area contributed by atoms with Crippen molar-refractivity contribution in [3.8, 4) is 11.5 Å². The van der Waals surface area contributed by atoms with Gasteiger partial charge in [-0.3, -0.25) is 4.79 Å². The minimum atomic E-state index is -0.0194. The molecule has 1 amide bonds. The molecule has 0 aliphatic heterocycles. The molecule has 1 N–H and O–H groups in total. The van der Waals surface area contributed by atoms with Crippen molar-refractivity contribution in [3.63, 3.8) is 0 Å². The predicted molar refractivity (Wildman–Crippen MR) is 90.8 cm³/mol. The zero-order chi connectivity index (χ0) is 15.8. The molecule has 1 fully saturated rings. The van der Waals surface area contributed by atoms with Gasteiger partial charge in [0.15, 0.2) is 0 Å². The lowest BCUT2D eigenvalue weighted by atomic mass is 10.3. The molecule has 0 bridgehead atoms. The fourth-order valence-corrected chi connectivity index (χ4v) is 2.61. The average molecular weight is 323 g/mol. The Kier molecular flexibility index (Phi) is 6.90. The van der Waals surface area contributed by atoms with Gasteiger partial charge in [-0.05, 0) is 50.5 Å². The Morgan fingerprint density at radius 1 is 1.23 bits per heavy atom. The van der Waals surface area contributed by atoms with E-state index in [0.717, 1.165) is 43.1 Å². The van der Waals surface area contributed by atoms with Gasteiger partial charge < -0.3 is 14.8 Å². The molecule has 1 unspecified atom stereocenters. The largest absolute Gasteiger partial charge is 0.494 e. The number of hydrogen-bond acceptors (Lipinski definition) is 4. The SMILES string of the molecule is CCCOc1ccc(OCCSC(C)C(=O)NC2CC2)cc1. The van der Waals surface area contributed by atoms with E-state index in [2.05, 4.69) is 12.2 Å². The topological polar surface area (TPSA) is 47.6 Å². The fraction of sp³-hybridized carbons (Fsp3) is 0.588. The molecule has 0 radical (unpaired) electrons. The summed E-state index contributed by atoms with van der Waals surface area (Å²) in [6.45, 7) is 5.36. The maximum atomic E-state index is 11.8. The number of rotatable bonds is 10. The molecule has 1 saturated carbocycles. The monoisotopic (exact) mass is 323 g/mol. The van der Waals surface area contributed by atoms with Crippen LogP contribution in [0.3, 0.4) is 0 Å². The maximum absolute atomic E-state index is 11.8. The van der Waals surface area contributed by atoms with Gasteiger partial charge in [-0.1, -0.05) is 6.92 Å². The van der Waals surface area contributed by atoms with Crippen LogP contribution in [0.1, 0.15) is 33.1 Å². The Bertz CT molecular complexity index is 459. The Hall–Kier alpha value is -1.36. The highest BCUT2D eigenvalue weighted by Crippen LogP contribution is 2.21. The first-order chi connectivity index (χ1) is 10.7. The summed E-state index contributed by atoms with van der Waals surface area (Å²) < 4.78 is 11.2. The van der Waals surface area contributed by atoms with E-state index < -0.39 is 0 Å². The van der Waals surface area contributed by atoms with Gasteiger partial charge in [-0.15, -0.1) is 11.8 Å². The highest BCUT2D eigenvalue weighted by atomic mass is 32.2. The van der Waals surface area contributed by atoms with E-state index in [1.165, 1.54) is 0 Å². The van der Waals surface area contributed by atoms with Crippen LogP contribution in [-0.2, 0) is 4.79 Å². The molecule has 1 aromatic rings. The first kappa shape index (κ1) is 17.0. The van der Waals surface area contributed by atoms with Crippen LogP contribution in [0.4, 0.5) is 0 Å². The third kappa shape index (κ3) is 6.18. The second-order valence-corrected chi connectivity index (χ2v) is 6.91. The van der Waals surface area contributed by atoms with Gasteiger partial charge in [0.05, 0.1) is 18.5 Å². The third-order valence-electron chi connectivity index (χ3n) is 3.31. The molecule has 2 rings (SSSR count). The first-order valence-electron chi connectivity index (χ1n) is 7.96. The van der Waals surface area contributed by atoms with Gasteiger partial charge in [0, 0.05) is 11.8 Å². The number of carbonyl (C=O) groups is 1. The van der Waals surface area contributed by atoms with Crippen molar-refractivity contribution in [3.05, 3.63) is 24.3 Å². The molecule has 1 aromatic carbocycles. The zero-order valence-electron chi connectivity index (χ0n) is 13.3. The van der Waals surface area contributed by atoms with Crippen LogP contribution in [-0.4, -0.2) is 36.2 Å². The molecular weight excluding hydrogens is 298 g/mol. The van der Waals surface area contributed by atoms with Gasteiger partial charge in [-0.2, -0.15) is 0 Å². The van der Waals surface area contributed by atoms with Gasteiger partial charge in [-0.25, -0.2) is 0 Å². The molecule has 0 heterocycles. The second-order valence-electron chi connectivity index (χ2n) is 5.46. The highest BCUT2D eigenvalue weighted by molar-refractivity contribution is 8.00. The summed E-state index contributed by atoms with van der Waals surface area (Å²) >= 11 is 1.63. The third-order valence-corrected chi connectivity index (χ3v) is 4.43. The van der Waals surface area contributed by atoms with Gasteiger partial charge in [0.25, 0.3) is 0 Å². The normalized spacial score (nSPS) is 15.2. The number of carbonyl (C=O) groups excluding carboxylic acids is 1. The molecule has 5 heteroatoms. The molecule has 1 aliphatic carbocycles. The lowest BCUT2D eigenvalue weighted by molar-refractivity contribution is -0.120. The second kappa shape index (κ2) is 8.93. The number of thioether (sulfide) groups is 1. The van der Waals surface area contributed by atoms with Crippen LogP contribution in [0.2, 0.25) is 0 Å². The molecular formula is C17H25NO3S. The molecule has 1 atom stereocenters. The zero-order valence-corrected chi connectivity index (χ0v) is 14.2. The maximum Gasteiger partial charge on any atom is 0.233 e. The van der Waals surface area contributed by atoms with E-state index in [1.807, 2.05) is 31.2 Å². The van der Waals surface area contributed by atoms with Crippen LogP contribution >= 0.6 is 11.8 Å². The van der Waals surface area contributed by atoms with E-state index in [9.17, 15) is 4.79 Å². The Morgan fingerprint density at radius 2 is 1.82 bits per heavy atom. The standard InChI is InChI=1S/C17H25NO3S/c1-3-10-20-15-6-8-16(9-7-15)21-11-12-22-13(2)17(19)18-14-4-5-14/h6-9,13-14H,3-5,10-12H2,1-2H3,(H,18,19). The fourth-order valence-electron chi connectivity index (χ4n) is 1.86. The summed E-state index contributed by atoms with van der Waals surface area (Å²) in [6, 6.07) is 8.10. The summed E-state index contributed by atoms with van der Waals surface area (Å²) in [5, 5.41) is 3.00. The number of amides is 1. The van der Waals surface area contributed by atoms with Gasteiger partial charge in [0.2, 0.25) is 5.91 Å². The van der Waals surface area contributed by atoms with E-state index in [1.54, 1.807) is 11.8 Å². The minimum Gasteiger partial charge on any atom is -0.494 e. The van der Waals surface area contributed by atoms with Crippen LogP contribution in [0, 0.1) is 0 Å². The van der Waals surface area contributed by atoms with E-state index in [4.69, 9.17) is 9.47 Å². The molecule has 4 nitrogen and oxygen atoms in total. The Morgan fingerprint density at radius 3 is 2.36 bits per heavy atom. The summed E-state index contributed by atoms with van der Waals surface area (Å²) in [5.74, 6) is 2.64. The summed E-state index contributed by atoms with van der Waals surface area (Å²) in [4.78, 5) is 11.8. The van der Waals surface area contributed by atoms with Crippen molar-refractivity contribution in [1.82, 2.24) is 5.32 Å². The number of benzene rings is 1. The van der Waals surface area contributed by atoms with Crippen molar-refractivity contribution >= 4 is 17.7 Å². The molecule has 1 aliphatic rings. The molecule has 0 saturated heterocycles. The first-order valence-corrected chi connectivity index (χ1v) is 9.01. The van der Waals surface area contributed by atoms with Crippen LogP contribution < -0.4 is 14.8 Å². The van der Waals surface area contributed by atoms with Gasteiger partial charge in [0.1, 0.15) is 11.5 Å². The number of ether oxygens (including phenoxy) is 2. The van der Waals surface area contributed by atoms with Crippen molar-refractivity contribution in [2.45, 2.75) is 44.4 Å². The molecule has 22 heavy (non-hydrogen) atoms. The lowest BCUT2D eigenvalue weighted by Gasteiger charge is -2.12. The predicted octanol–water partition coefficient (Wildman–Crippen LogP) is 3.25. The number of nitrogens with one attached hydrogen (secondary N) is 1. The van der Waals surface area contributed by atoms with Crippen LogP contribution in [0.15, 0.2) is 24.3 Å². The van der Waals surface area contributed by atoms with Crippen LogP contribution in [0.5, 0.6) is 11.5 Å². The lowest BCUT2D eigenvalue weighted by Crippen LogP contribution is -2.32. The Labute approximate surface area is 137 Å². The van der Waals surface area contributed by atoms with Crippen molar-refractivity contribution in [2.75, 3.05) is 19.0 Å². The Balaban J connectivity index is 1.60. The van der Waals surface area contributed by atoms with Crippen molar-refractivity contribution < 1.29 is 14.3 Å². The number of hydrogen-bond donors (Lipinski definition) is 1. The summed E-state index contributed by atoms with van der Waals surface area (Å²) in [7, 11) is 0. The molecule has 122 valence electrons. The van der Waals surface area contributed by atoms with Gasteiger partial charge >= 0.3 is 0 Å². The quantitative estimate of drug-likeness (QED) is 0.672. The van der Waals surface area contributed by atoms with Crippen molar-refractivity contribution in [2.24, 2.45) is 0 Å². The molecule has 0 spiro atoms. The van der Waals surface area contributed by atoms with E-state index in [-0.39, 0.29) is 11.2 Å². The summed E-state index contributed by atoms with van der Waals surface area (Å²) in [5.41, 5.74) is 0.